The number of carbonyl (C=O) groups excluding carboxylic acids is 1. The maximum absolute atomic E-state index is 12.4. The molecule has 0 heterocycles. The fourth-order valence-electron chi connectivity index (χ4n) is 1.64. The van der Waals surface area contributed by atoms with Crippen molar-refractivity contribution in [3.05, 3.63) is 29.8 Å². The highest BCUT2D eigenvalue weighted by molar-refractivity contribution is 7.89. The quantitative estimate of drug-likeness (QED) is 0.740. The first-order valence-electron chi connectivity index (χ1n) is 6.30. The number of nitrogens with one attached hydrogen (secondary N) is 1. The van der Waals surface area contributed by atoms with Crippen LogP contribution >= 0.6 is 12.2 Å². The zero-order valence-corrected chi connectivity index (χ0v) is 13.8. The van der Waals surface area contributed by atoms with Crippen LogP contribution in [0.3, 0.4) is 0 Å². The summed E-state index contributed by atoms with van der Waals surface area (Å²) >= 11 is 4.83. The van der Waals surface area contributed by atoms with E-state index in [0.717, 1.165) is 4.31 Å². The van der Waals surface area contributed by atoms with Crippen LogP contribution in [-0.2, 0) is 14.8 Å². The van der Waals surface area contributed by atoms with Crippen molar-refractivity contribution >= 4 is 33.1 Å². The van der Waals surface area contributed by atoms with E-state index in [2.05, 4.69) is 5.32 Å². The number of sulfonamides is 1. The molecule has 0 aliphatic heterocycles. The minimum absolute atomic E-state index is 0.0487. The third kappa shape index (κ3) is 4.76. The number of nitrogens with zero attached hydrogens (tertiary/aromatic N) is 1. The molecule has 0 saturated carbocycles. The Morgan fingerprint density at radius 2 is 2.05 bits per heavy atom. The smallest absolute Gasteiger partial charge is 0.243 e. The summed E-state index contributed by atoms with van der Waals surface area (Å²) in [5.41, 5.74) is 5.96. The van der Waals surface area contributed by atoms with E-state index in [1.807, 2.05) is 0 Å². The van der Waals surface area contributed by atoms with E-state index in [1.54, 1.807) is 26.0 Å². The molecule has 0 saturated heterocycles. The minimum atomic E-state index is -3.77. The fourth-order valence-corrected chi connectivity index (χ4v) is 2.95. The molecular weight excluding hydrogens is 310 g/mol. The van der Waals surface area contributed by atoms with Crippen molar-refractivity contribution in [3.8, 4) is 0 Å². The van der Waals surface area contributed by atoms with Crippen molar-refractivity contribution in [2.45, 2.75) is 24.8 Å². The first kappa shape index (κ1) is 17.5. The average Bonchev–Trinajstić information content (AvgIpc) is 2.37. The van der Waals surface area contributed by atoms with Gasteiger partial charge in [-0.3, -0.25) is 4.79 Å². The van der Waals surface area contributed by atoms with Crippen LogP contribution in [0, 0.1) is 0 Å². The van der Waals surface area contributed by atoms with Gasteiger partial charge >= 0.3 is 0 Å². The van der Waals surface area contributed by atoms with Gasteiger partial charge in [0.15, 0.2) is 0 Å². The third-order valence-electron chi connectivity index (χ3n) is 2.64. The topological polar surface area (TPSA) is 92.5 Å². The predicted octanol–water partition coefficient (Wildman–Crippen LogP) is 0.466. The van der Waals surface area contributed by atoms with Crippen LogP contribution in [0.4, 0.5) is 0 Å². The van der Waals surface area contributed by atoms with Crippen LogP contribution in [-0.4, -0.2) is 43.3 Å². The highest BCUT2D eigenvalue weighted by atomic mass is 32.2. The lowest BCUT2D eigenvalue weighted by molar-refractivity contribution is -0.121. The number of nitrogens with two attached hydrogens (primary N) is 1. The van der Waals surface area contributed by atoms with Crippen LogP contribution in [0.25, 0.3) is 0 Å². The summed E-state index contributed by atoms with van der Waals surface area (Å²) in [4.78, 5) is 11.8. The normalized spacial score (nSPS) is 11.7. The largest absolute Gasteiger partial charge is 0.389 e. The first-order valence-corrected chi connectivity index (χ1v) is 8.15. The maximum atomic E-state index is 12.4. The highest BCUT2D eigenvalue weighted by Crippen LogP contribution is 2.15. The lowest BCUT2D eigenvalue weighted by atomic mass is 10.2. The van der Waals surface area contributed by atoms with Gasteiger partial charge < -0.3 is 11.1 Å². The Balaban J connectivity index is 2.97. The van der Waals surface area contributed by atoms with Gasteiger partial charge in [-0.2, -0.15) is 4.31 Å². The van der Waals surface area contributed by atoms with E-state index in [4.69, 9.17) is 18.0 Å². The van der Waals surface area contributed by atoms with Gasteiger partial charge in [-0.25, -0.2) is 8.42 Å². The molecule has 0 radical (unpaired) electrons. The number of rotatable bonds is 6. The standard InChI is InChI=1S/C13H19N3O3S2/c1-9(2)15-12(17)8-16(3)21(18,19)11-6-4-5-10(7-11)13(14)20/h4-7,9H,8H2,1-3H3,(H2,14,20)(H,15,17). The number of likely N-dealkylation sites (N-methyl/N-ethyl adjacent to an activating group) is 1. The summed E-state index contributed by atoms with van der Waals surface area (Å²) in [6, 6.07) is 5.98. The molecule has 1 aromatic carbocycles. The molecule has 1 rings (SSSR count). The second-order valence-electron chi connectivity index (χ2n) is 4.88. The second kappa shape index (κ2) is 6.97. The van der Waals surface area contributed by atoms with Gasteiger partial charge in [0.2, 0.25) is 15.9 Å². The number of thiocarbonyl (C=S) groups is 1. The van der Waals surface area contributed by atoms with Crippen LogP contribution in [0.15, 0.2) is 29.2 Å². The second-order valence-corrected chi connectivity index (χ2v) is 7.36. The Morgan fingerprint density at radius 3 is 2.57 bits per heavy atom. The van der Waals surface area contributed by atoms with Gasteiger partial charge in [0.25, 0.3) is 0 Å². The number of amides is 1. The molecule has 0 aromatic heterocycles. The third-order valence-corrected chi connectivity index (χ3v) is 4.68. The van der Waals surface area contributed by atoms with Crippen molar-refractivity contribution in [2.75, 3.05) is 13.6 Å². The number of carbonyl (C=O) groups is 1. The van der Waals surface area contributed by atoms with Gasteiger partial charge in [-0.05, 0) is 26.0 Å². The molecule has 0 aliphatic rings. The van der Waals surface area contributed by atoms with Crippen molar-refractivity contribution in [1.82, 2.24) is 9.62 Å². The number of hydrogen-bond donors (Lipinski definition) is 2. The molecule has 0 unspecified atom stereocenters. The SMILES string of the molecule is CC(C)NC(=O)CN(C)S(=O)(=O)c1cccc(C(N)=S)c1. The summed E-state index contributed by atoms with van der Waals surface area (Å²) < 4.78 is 25.8. The molecule has 21 heavy (non-hydrogen) atoms. The summed E-state index contributed by atoms with van der Waals surface area (Å²) in [6.45, 7) is 3.36. The van der Waals surface area contributed by atoms with E-state index >= 15 is 0 Å². The Bertz CT molecular complexity index is 642. The number of hydrogen-bond acceptors (Lipinski definition) is 4. The van der Waals surface area contributed by atoms with Crippen LogP contribution in [0.2, 0.25) is 0 Å². The molecular formula is C13H19N3O3S2. The maximum Gasteiger partial charge on any atom is 0.243 e. The van der Waals surface area contributed by atoms with Crippen LogP contribution in [0.1, 0.15) is 19.4 Å². The molecule has 0 aliphatic carbocycles. The van der Waals surface area contributed by atoms with E-state index in [1.165, 1.54) is 19.2 Å². The van der Waals surface area contributed by atoms with Crippen molar-refractivity contribution < 1.29 is 13.2 Å². The number of benzene rings is 1. The predicted molar refractivity (Wildman–Crippen MR) is 85.4 cm³/mol. The van der Waals surface area contributed by atoms with Crippen LogP contribution in [0.5, 0.6) is 0 Å². The molecule has 3 N–H and O–H groups in total. The molecule has 0 spiro atoms. The van der Waals surface area contributed by atoms with Gasteiger partial charge in [0.05, 0.1) is 11.4 Å². The highest BCUT2D eigenvalue weighted by Gasteiger charge is 2.23. The summed E-state index contributed by atoms with van der Waals surface area (Å²) in [6.07, 6.45) is 0. The summed E-state index contributed by atoms with van der Waals surface area (Å²) in [5, 5.41) is 2.64. The van der Waals surface area contributed by atoms with Crippen molar-refractivity contribution in [2.24, 2.45) is 5.73 Å². The summed E-state index contributed by atoms with van der Waals surface area (Å²) in [5.74, 6) is -0.360. The van der Waals surface area contributed by atoms with Crippen molar-refractivity contribution in [3.63, 3.8) is 0 Å². The molecule has 116 valence electrons. The Hall–Kier alpha value is -1.51. The van der Waals surface area contributed by atoms with Gasteiger partial charge in [0.1, 0.15) is 4.99 Å². The molecule has 8 heteroatoms. The van der Waals surface area contributed by atoms with E-state index in [-0.39, 0.29) is 28.4 Å². The summed E-state index contributed by atoms with van der Waals surface area (Å²) in [7, 11) is -2.42. The Labute approximate surface area is 130 Å². The molecule has 1 aromatic rings. The first-order chi connectivity index (χ1) is 9.64. The monoisotopic (exact) mass is 329 g/mol. The zero-order valence-electron chi connectivity index (χ0n) is 12.2. The van der Waals surface area contributed by atoms with E-state index < -0.39 is 10.0 Å². The lowest BCUT2D eigenvalue weighted by Gasteiger charge is -2.18. The molecule has 1 amide bonds. The molecule has 0 fully saturated rings. The fraction of sp³-hybridized carbons (Fsp3) is 0.385. The van der Waals surface area contributed by atoms with Gasteiger partial charge in [0, 0.05) is 18.7 Å². The molecule has 0 atom stereocenters. The average molecular weight is 329 g/mol. The Kier molecular flexibility index (Phi) is 5.82. The minimum Gasteiger partial charge on any atom is -0.389 e. The lowest BCUT2D eigenvalue weighted by Crippen LogP contribution is -2.40. The van der Waals surface area contributed by atoms with Crippen molar-refractivity contribution in [1.29, 1.82) is 0 Å². The van der Waals surface area contributed by atoms with Crippen LogP contribution < -0.4 is 11.1 Å². The van der Waals surface area contributed by atoms with E-state index in [0.29, 0.717) is 5.56 Å². The zero-order chi connectivity index (χ0) is 16.2. The Morgan fingerprint density at radius 1 is 1.43 bits per heavy atom. The van der Waals surface area contributed by atoms with Gasteiger partial charge in [-0.15, -0.1) is 0 Å². The van der Waals surface area contributed by atoms with E-state index in [9.17, 15) is 13.2 Å². The van der Waals surface area contributed by atoms with Gasteiger partial charge in [-0.1, -0.05) is 24.4 Å². The molecule has 6 nitrogen and oxygen atoms in total. The molecule has 0 bridgehead atoms.